The summed E-state index contributed by atoms with van der Waals surface area (Å²) in [5.74, 6) is 0.805. The van der Waals surface area contributed by atoms with Gasteiger partial charge in [0, 0.05) is 6.04 Å². The lowest BCUT2D eigenvalue weighted by Crippen LogP contribution is -2.37. The Morgan fingerprint density at radius 2 is 1.79 bits per heavy atom. The van der Waals surface area contributed by atoms with Crippen LogP contribution in [0.2, 0.25) is 0 Å². The van der Waals surface area contributed by atoms with Crippen molar-refractivity contribution in [2.45, 2.75) is 46.1 Å². The van der Waals surface area contributed by atoms with Gasteiger partial charge in [0.05, 0.1) is 0 Å². The first kappa shape index (κ1) is 13.9. The second-order valence-corrected chi connectivity index (χ2v) is 4.52. The van der Waals surface area contributed by atoms with E-state index >= 15 is 0 Å². The quantitative estimate of drug-likeness (QED) is 0.647. The van der Waals surface area contributed by atoms with Crippen LogP contribution in [0.4, 0.5) is 0 Å². The van der Waals surface area contributed by atoms with Gasteiger partial charge in [-0.15, -0.1) is 0 Å². The molecule has 2 atom stereocenters. The molecule has 0 radical (unpaired) electrons. The predicted molar refractivity (Wildman–Crippen MR) is 64.7 cm³/mol. The van der Waals surface area contributed by atoms with E-state index in [9.17, 15) is 0 Å². The van der Waals surface area contributed by atoms with Gasteiger partial charge >= 0.3 is 0 Å². The summed E-state index contributed by atoms with van der Waals surface area (Å²) in [7, 11) is 4.29. The van der Waals surface area contributed by atoms with Gasteiger partial charge in [-0.1, -0.05) is 27.2 Å². The molecule has 0 amide bonds. The summed E-state index contributed by atoms with van der Waals surface area (Å²) in [5, 5.41) is 3.60. The highest BCUT2D eigenvalue weighted by molar-refractivity contribution is 4.73. The normalized spacial score (nSPS) is 15.9. The van der Waals surface area contributed by atoms with Crippen LogP contribution in [0.15, 0.2) is 0 Å². The van der Waals surface area contributed by atoms with Crippen molar-refractivity contribution in [1.29, 1.82) is 0 Å². The first-order valence-electron chi connectivity index (χ1n) is 5.99. The minimum Gasteiger partial charge on any atom is -0.314 e. The zero-order chi connectivity index (χ0) is 11.0. The van der Waals surface area contributed by atoms with Crippen molar-refractivity contribution < 1.29 is 0 Å². The highest BCUT2D eigenvalue weighted by Crippen LogP contribution is 2.13. The highest BCUT2D eigenvalue weighted by atomic mass is 15.1. The van der Waals surface area contributed by atoms with E-state index in [2.05, 4.69) is 45.1 Å². The van der Waals surface area contributed by atoms with Crippen LogP contribution < -0.4 is 5.32 Å². The topological polar surface area (TPSA) is 15.3 Å². The molecule has 1 N–H and O–H groups in total. The maximum atomic E-state index is 3.60. The van der Waals surface area contributed by atoms with Crippen LogP contribution in [0.25, 0.3) is 0 Å². The average Bonchev–Trinajstić information content (AvgIpc) is 2.12. The molecule has 0 heterocycles. The maximum absolute atomic E-state index is 3.60. The van der Waals surface area contributed by atoms with Gasteiger partial charge < -0.3 is 10.2 Å². The molecule has 0 rings (SSSR count). The molecule has 0 aliphatic heterocycles. The van der Waals surface area contributed by atoms with Gasteiger partial charge in [-0.05, 0) is 45.9 Å². The van der Waals surface area contributed by atoms with Gasteiger partial charge in [0.2, 0.25) is 0 Å². The first-order chi connectivity index (χ1) is 6.61. The Hall–Kier alpha value is -0.0800. The van der Waals surface area contributed by atoms with Crippen LogP contribution in [-0.2, 0) is 0 Å². The van der Waals surface area contributed by atoms with Gasteiger partial charge in [0.15, 0.2) is 0 Å². The Labute approximate surface area is 90.1 Å². The summed E-state index contributed by atoms with van der Waals surface area (Å²) < 4.78 is 0. The molecule has 0 saturated carbocycles. The molecule has 86 valence electrons. The summed E-state index contributed by atoms with van der Waals surface area (Å²) in [4.78, 5) is 2.27. The van der Waals surface area contributed by atoms with Gasteiger partial charge in [-0.25, -0.2) is 0 Å². The molecule has 0 bridgehead atoms. The third kappa shape index (κ3) is 6.39. The molecular formula is C12H28N2. The Bertz CT molecular complexity index is 123. The van der Waals surface area contributed by atoms with E-state index in [1.165, 1.54) is 25.8 Å². The molecular weight excluding hydrogens is 172 g/mol. The fourth-order valence-corrected chi connectivity index (χ4v) is 1.90. The fourth-order valence-electron chi connectivity index (χ4n) is 1.90. The van der Waals surface area contributed by atoms with Gasteiger partial charge in [0.25, 0.3) is 0 Å². The molecule has 0 aromatic heterocycles. The van der Waals surface area contributed by atoms with Crippen molar-refractivity contribution in [3.8, 4) is 0 Å². The average molecular weight is 200 g/mol. The number of nitrogens with zero attached hydrogens (tertiary/aromatic N) is 1. The largest absolute Gasteiger partial charge is 0.314 e. The SMILES string of the molecule is CCCC(C)C(CCN(C)C)NCC. The number of hydrogen-bond acceptors (Lipinski definition) is 2. The lowest BCUT2D eigenvalue weighted by Gasteiger charge is -2.25. The van der Waals surface area contributed by atoms with Crippen LogP contribution in [-0.4, -0.2) is 38.1 Å². The van der Waals surface area contributed by atoms with E-state index in [0.717, 1.165) is 12.5 Å². The van der Waals surface area contributed by atoms with Crippen molar-refractivity contribution >= 4 is 0 Å². The maximum Gasteiger partial charge on any atom is 0.0105 e. The monoisotopic (exact) mass is 200 g/mol. The summed E-state index contributed by atoms with van der Waals surface area (Å²) >= 11 is 0. The number of hydrogen-bond donors (Lipinski definition) is 1. The third-order valence-corrected chi connectivity index (χ3v) is 2.78. The summed E-state index contributed by atoms with van der Waals surface area (Å²) in [6.07, 6.45) is 3.90. The molecule has 2 heteroatoms. The molecule has 0 aromatic carbocycles. The van der Waals surface area contributed by atoms with E-state index in [4.69, 9.17) is 0 Å². The van der Waals surface area contributed by atoms with E-state index in [1.807, 2.05) is 0 Å². The van der Waals surface area contributed by atoms with Gasteiger partial charge in [-0.3, -0.25) is 0 Å². The summed E-state index contributed by atoms with van der Waals surface area (Å²) in [6.45, 7) is 9.11. The standard InChI is InChI=1S/C12H28N2/c1-6-8-11(3)12(13-7-2)9-10-14(4)5/h11-13H,6-10H2,1-5H3. The second-order valence-electron chi connectivity index (χ2n) is 4.52. The molecule has 0 aliphatic rings. The number of rotatable bonds is 8. The molecule has 0 spiro atoms. The van der Waals surface area contributed by atoms with Crippen LogP contribution in [0.3, 0.4) is 0 Å². The Balaban J connectivity index is 3.86. The minimum absolute atomic E-state index is 0.697. The van der Waals surface area contributed by atoms with Gasteiger partial charge in [-0.2, -0.15) is 0 Å². The van der Waals surface area contributed by atoms with E-state index in [0.29, 0.717) is 6.04 Å². The Kier molecular flexibility index (Phi) is 8.20. The molecule has 0 saturated heterocycles. The second kappa shape index (κ2) is 8.25. The van der Waals surface area contributed by atoms with E-state index < -0.39 is 0 Å². The van der Waals surface area contributed by atoms with Gasteiger partial charge in [0.1, 0.15) is 0 Å². The van der Waals surface area contributed by atoms with Crippen LogP contribution in [0.1, 0.15) is 40.0 Å². The van der Waals surface area contributed by atoms with Crippen molar-refractivity contribution in [3.05, 3.63) is 0 Å². The van der Waals surface area contributed by atoms with Crippen molar-refractivity contribution in [3.63, 3.8) is 0 Å². The van der Waals surface area contributed by atoms with Crippen LogP contribution in [0, 0.1) is 5.92 Å². The van der Waals surface area contributed by atoms with Crippen LogP contribution in [0.5, 0.6) is 0 Å². The molecule has 2 unspecified atom stereocenters. The van der Waals surface area contributed by atoms with Crippen molar-refractivity contribution in [2.75, 3.05) is 27.2 Å². The number of nitrogens with one attached hydrogen (secondary N) is 1. The molecule has 0 fully saturated rings. The highest BCUT2D eigenvalue weighted by Gasteiger charge is 2.14. The van der Waals surface area contributed by atoms with E-state index in [-0.39, 0.29) is 0 Å². The summed E-state index contributed by atoms with van der Waals surface area (Å²) in [5.41, 5.74) is 0. The third-order valence-electron chi connectivity index (χ3n) is 2.78. The Morgan fingerprint density at radius 1 is 1.14 bits per heavy atom. The van der Waals surface area contributed by atoms with E-state index in [1.54, 1.807) is 0 Å². The minimum atomic E-state index is 0.697. The smallest absolute Gasteiger partial charge is 0.0105 e. The zero-order valence-corrected chi connectivity index (χ0v) is 10.6. The first-order valence-corrected chi connectivity index (χ1v) is 5.99. The van der Waals surface area contributed by atoms with Crippen molar-refractivity contribution in [1.82, 2.24) is 10.2 Å². The summed E-state index contributed by atoms with van der Waals surface area (Å²) in [6, 6.07) is 0.697. The molecule has 0 aliphatic carbocycles. The zero-order valence-electron chi connectivity index (χ0n) is 10.6. The molecule has 14 heavy (non-hydrogen) atoms. The van der Waals surface area contributed by atoms with Crippen molar-refractivity contribution in [2.24, 2.45) is 5.92 Å². The van der Waals surface area contributed by atoms with Crippen LogP contribution >= 0.6 is 0 Å². The molecule has 0 aromatic rings. The lowest BCUT2D eigenvalue weighted by atomic mass is 9.94. The fraction of sp³-hybridized carbons (Fsp3) is 1.00. The Morgan fingerprint density at radius 3 is 2.21 bits per heavy atom. The lowest BCUT2D eigenvalue weighted by molar-refractivity contribution is 0.297. The predicted octanol–water partition coefficient (Wildman–Crippen LogP) is 2.35. The molecule has 2 nitrogen and oxygen atoms in total.